The van der Waals surface area contributed by atoms with Gasteiger partial charge in [-0.3, -0.25) is 0 Å². The minimum atomic E-state index is -0.826. The third kappa shape index (κ3) is 5.60. The van der Waals surface area contributed by atoms with Gasteiger partial charge in [0.1, 0.15) is 0 Å². The van der Waals surface area contributed by atoms with Crippen molar-refractivity contribution in [3.05, 3.63) is 116 Å². The Kier molecular flexibility index (Phi) is 10.7. The average Bonchev–Trinajstić information content (AvgIpc) is 3.36. The van der Waals surface area contributed by atoms with E-state index in [4.69, 9.17) is 17.0 Å². The van der Waals surface area contributed by atoms with Gasteiger partial charge in [-0.05, 0) is 70.8 Å². The van der Waals surface area contributed by atoms with E-state index in [0.717, 1.165) is 18.3 Å². The Morgan fingerprint density at radius 1 is 0.812 bits per heavy atom. The second kappa shape index (κ2) is 12.5. The van der Waals surface area contributed by atoms with Gasteiger partial charge in [-0.15, -0.1) is 0 Å². The normalized spacial score (nSPS) is 22.2. The van der Waals surface area contributed by atoms with Crippen molar-refractivity contribution in [1.29, 1.82) is 0 Å². The van der Waals surface area contributed by atoms with Crippen molar-refractivity contribution in [2.24, 2.45) is 17.8 Å². The summed E-state index contributed by atoms with van der Waals surface area (Å²) < 4.78 is 0. The summed E-state index contributed by atoms with van der Waals surface area (Å²) in [6.45, 7) is 4.70. The van der Waals surface area contributed by atoms with Gasteiger partial charge in [0.2, 0.25) is 0 Å². The molecule has 0 aromatic heterocycles. The topological polar surface area (TPSA) is 0 Å². The summed E-state index contributed by atoms with van der Waals surface area (Å²) in [4.78, 5) is 0. The molecule has 2 aromatic carbocycles. The SMILES string of the molecule is CC(C)C1=C(c2ccccc2C2CC3C=CC=CC3C2)c2ccccc2C1.[CH3-].[CH3-].[Cl][Zr+2][Cl]. The molecule has 0 nitrogen and oxygen atoms in total. The van der Waals surface area contributed by atoms with Crippen molar-refractivity contribution in [3.63, 3.8) is 0 Å². The zero-order valence-corrected chi connectivity index (χ0v) is 23.6. The number of halogens is 2. The fourth-order valence-corrected chi connectivity index (χ4v) is 5.49. The van der Waals surface area contributed by atoms with Crippen LogP contribution in [0.3, 0.4) is 0 Å². The van der Waals surface area contributed by atoms with Gasteiger partial charge >= 0.3 is 37.9 Å². The molecule has 0 N–H and O–H groups in total. The van der Waals surface area contributed by atoms with Crippen molar-refractivity contribution >= 4 is 22.6 Å². The maximum atomic E-state index is 4.93. The molecular weight excluding hydrogens is 510 g/mol. The van der Waals surface area contributed by atoms with Crippen LogP contribution >= 0.6 is 17.0 Å². The summed E-state index contributed by atoms with van der Waals surface area (Å²) in [5.41, 5.74) is 9.15. The van der Waals surface area contributed by atoms with E-state index >= 15 is 0 Å². The zero-order chi connectivity index (χ0) is 21.1. The van der Waals surface area contributed by atoms with Crippen molar-refractivity contribution in [3.8, 4) is 0 Å². The second-order valence-electron chi connectivity index (χ2n) is 8.81. The van der Waals surface area contributed by atoms with E-state index in [1.54, 1.807) is 11.1 Å². The Hall–Kier alpha value is -0.877. The van der Waals surface area contributed by atoms with Crippen LogP contribution in [0.2, 0.25) is 0 Å². The van der Waals surface area contributed by atoms with Crippen molar-refractivity contribution in [1.82, 2.24) is 0 Å². The van der Waals surface area contributed by atoms with Gasteiger partial charge in [0.05, 0.1) is 0 Å². The van der Waals surface area contributed by atoms with Gasteiger partial charge in [-0.1, -0.05) is 92.3 Å². The van der Waals surface area contributed by atoms with Crippen LogP contribution in [-0.4, -0.2) is 0 Å². The van der Waals surface area contributed by atoms with E-state index in [1.165, 1.54) is 35.1 Å². The molecule has 0 aliphatic heterocycles. The molecule has 2 atom stereocenters. The molecule has 0 bridgehead atoms. The molecule has 32 heavy (non-hydrogen) atoms. The third-order valence-electron chi connectivity index (χ3n) is 6.85. The first-order valence-electron chi connectivity index (χ1n) is 10.9. The van der Waals surface area contributed by atoms with E-state index < -0.39 is 20.8 Å². The van der Waals surface area contributed by atoms with Crippen LogP contribution in [0.5, 0.6) is 0 Å². The fourth-order valence-electron chi connectivity index (χ4n) is 5.49. The first-order chi connectivity index (χ1) is 14.6. The standard InChI is InChI=1S/C27H28.2CH3.2ClH.Zr/c1-18(2)26-17-21-11-5-6-13-24(21)27(26)25-14-8-7-12-23(25)22-15-19-9-3-4-10-20(19)16-22;;;;;/h3-14,18-20,22H,15-17H2,1-2H3;2*1H3;2*1H;/q;2*-1;;;+4/p-2. The van der Waals surface area contributed by atoms with Crippen molar-refractivity contribution in [2.75, 3.05) is 0 Å². The predicted octanol–water partition coefficient (Wildman–Crippen LogP) is 9.21. The maximum absolute atomic E-state index is 4.93. The predicted molar refractivity (Wildman–Crippen MR) is 139 cm³/mol. The Morgan fingerprint density at radius 3 is 1.94 bits per heavy atom. The van der Waals surface area contributed by atoms with Crippen molar-refractivity contribution in [2.45, 2.75) is 39.0 Å². The summed E-state index contributed by atoms with van der Waals surface area (Å²) in [7, 11) is 9.87. The first-order valence-corrected chi connectivity index (χ1v) is 17.2. The summed E-state index contributed by atoms with van der Waals surface area (Å²) >= 11 is -0.826. The van der Waals surface area contributed by atoms with Crippen LogP contribution in [0.1, 0.15) is 54.9 Å². The van der Waals surface area contributed by atoms with Crippen LogP contribution in [-0.2, 0) is 27.3 Å². The van der Waals surface area contributed by atoms with Gasteiger partial charge in [-0.2, -0.15) is 0 Å². The van der Waals surface area contributed by atoms with Gasteiger partial charge in [0.25, 0.3) is 0 Å². The first kappa shape index (κ1) is 27.4. The molecule has 2 unspecified atom stereocenters. The van der Waals surface area contributed by atoms with Crippen LogP contribution < -0.4 is 0 Å². The summed E-state index contributed by atoms with van der Waals surface area (Å²) in [6, 6.07) is 18.3. The Morgan fingerprint density at radius 2 is 1.34 bits per heavy atom. The van der Waals surface area contributed by atoms with Gasteiger partial charge in [-0.25, -0.2) is 0 Å². The number of benzene rings is 2. The van der Waals surface area contributed by atoms with Gasteiger partial charge < -0.3 is 14.9 Å². The molecule has 0 amide bonds. The average molecular weight is 545 g/mol. The van der Waals surface area contributed by atoms with Crippen LogP contribution in [0.15, 0.2) is 78.4 Å². The van der Waals surface area contributed by atoms with Crippen LogP contribution in [0.4, 0.5) is 0 Å². The van der Waals surface area contributed by atoms with E-state index in [9.17, 15) is 0 Å². The molecule has 0 spiro atoms. The van der Waals surface area contributed by atoms with E-state index in [1.807, 2.05) is 0 Å². The van der Waals surface area contributed by atoms with Crippen LogP contribution in [0.25, 0.3) is 5.57 Å². The van der Waals surface area contributed by atoms with Gasteiger partial charge in [0.15, 0.2) is 0 Å². The molecule has 2 aromatic rings. The molecule has 1 fully saturated rings. The van der Waals surface area contributed by atoms with Crippen molar-refractivity contribution < 1.29 is 20.8 Å². The quantitative estimate of drug-likeness (QED) is 0.338. The fraction of sp³-hybridized carbons (Fsp3) is 0.310. The number of hydrogen-bond acceptors (Lipinski definition) is 0. The molecular formula is C29H34Cl2Zr. The molecule has 0 radical (unpaired) electrons. The minimum absolute atomic E-state index is 0. The third-order valence-corrected chi connectivity index (χ3v) is 6.85. The summed E-state index contributed by atoms with van der Waals surface area (Å²) in [6.07, 6.45) is 13.0. The molecule has 3 aliphatic rings. The van der Waals surface area contributed by atoms with E-state index in [2.05, 4.69) is 86.7 Å². The monoisotopic (exact) mass is 542 g/mol. The molecule has 3 aliphatic carbocycles. The molecule has 168 valence electrons. The zero-order valence-electron chi connectivity index (χ0n) is 19.6. The number of hydrogen-bond donors (Lipinski definition) is 0. The second-order valence-corrected chi connectivity index (χ2v) is 12.5. The number of allylic oxidation sites excluding steroid dienone is 5. The molecule has 0 heterocycles. The number of rotatable bonds is 3. The summed E-state index contributed by atoms with van der Waals surface area (Å²) in [5.74, 6) is 2.69. The Balaban J connectivity index is 0.000000690. The molecule has 1 saturated carbocycles. The molecule has 0 saturated heterocycles. The van der Waals surface area contributed by atoms with E-state index in [0.29, 0.717) is 11.8 Å². The van der Waals surface area contributed by atoms with Crippen LogP contribution in [0, 0.1) is 32.6 Å². The number of fused-ring (bicyclic) bond motifs is 2. The van der Waals surface area contributed by atoms with Gasteiger partial charge in [0, 0.05) is 0 Å². The Labute approximate surface area is 214 Å². The van der Waals surface area contributed by atoms with E-state index in [-0.39, 0.29) is 14.9 Å². The Bertz CT molecular complexity index is 966. The summed E-state index contributed by atoms with van der Waals surface area (Å²) in [5, 5.41) is 0. The molecule has 3 heteroatoms. The molecule has 5 rings (SSSR count).